The van der Waals surface area contributed by atoms with Crippen molar-refractivity contribution in [1.29, 1.82) is 5.26 Å². The monoisotopic (exact) mass is 582 g/mol. The van der Waals surface area contributed by atoms with Crippen molar-refractivity contribution in [2.45, 2.75) is 12.8 Å². The van der Waals surface area contributed by atoms with E-state index < -0.39 is 0 Å². The smallest absolute Gasteiger partial charge is 0.230 e. The Balaban J connectivity index is 0.000000216. The van der Waals surface area contributed by atoms with Crippen LogP contribution in [0.3, 0.4) is 0 Å². The molecule has 0 atom stereocenters. The molecule has 202 valence electrons. The lowest BCUT2D eigenvalue weighted by Crippen LogP contribution is -2.28. The maximum absolute atomic E-state index is 11.9. The van der Waals surface area contributed by atoms with Crippen LogP contribution in [0.15, 0.2) is 49.1 Å². The number of amides is 2. The van der Waals surface area contributed by atoms with Crippen molar-refractivity contribution in [3.8, 4) is 27.3 Å². The predicted octanol–water partition coefficient (Wildman–Crippen LogP) is 3.34. The highest BCUT2D eigenvalue weighted by Gasteiger charge is 2.17. The van der Waals surface area contributed by atoms with E-state index in [0.717, 1.165) is 21.9 Å². The number of thioether (sulfide) groups is 1. The molecular weight excluding hydrogens is 557 g/mol. The van der Waals surface area contributed by atoms with Crippen molar-refractivity contribution in [2.24, 2.45) is 0 Å². The summed E-state index contributed by atoms with van der Waals surface area (Å²) in [6.07, 6.45) is 11.3. The number of hydrogen-bond donors (Lipinski definition) is 1. The fraction of sp³-hybridized carbons (Fsp3) is 0.292. The van der Waals surface area contributed by atoms with E-state index in [9.17, 15) is 9.59 Å². The first-order valence-electron chi connectivity index (χ1n) is 11.6. The summed E-state index contributed by atoms with van der Waals surface area (Å²) in [6.45, 7) is 0.313. The van der Waals surface area contributed by atoms with Crippen LogP contribution < -0.4 is 15.1 Å². The third-order valence-corrected chi connectivity index (χ3v) is 7.74. The number of hydrogen-bond acceptors (Lipinski definition) is 13. The van der Waals surface area contributed by atoms with Crippen molar-refractivity contribution in [2.75, 3.05) is 42.4 Å². The first kappa shape index (κ1) is 29.6. The van der Waals surface area contributed by atoms with Gasteiger partial charge in [0.05, 0.1) is 0 Å². The molecule has 0 aromatic carbocycles. The van der Waals surface area contributed by atoms with Gasteiger partial charge in [-0.1, -0.05) is 22.7 Å². The Bertz CT molecular complexity index is 1380. The lowest BCUT2D eigenvalue weighted by atomic mass is 10.3. The van der Waals surface area contributed by atoms with Crippen LogP contribution in [0.1, 0.15) is 12.8 Å². The van der Waals surface area contributed by atoms with Gasteiger partial charge in [0.25, 0.3) is 0 Å². The van der Waals surface area contributed by atoms with E-state index in [1.807, 2.05) is 30.5 Å². The molecule has 4 rings (SSSR count). The molecule has 39 heavy (non-hydrogen) atoms. The van der Waals surface area contributed by atoms with Gasteiger partial charge < -0.3 is 5.32 Å². The van der Waals surface area contributed by atoms with Gasteiger partial charge in [-0.3, -0.25) is 29.4 Å². The molecule has 4 heterocycles. The zero-order valence-electron chi connectivity index (χ0n) is 21.5. The van der Waals surface area contributed by atoms with Gasteiger partial charge in [0.2, 0.25) is 22.1 Å². The minimum atomic E-state index is -0.123. The minimum Gasteiger partial charge on any atom is -0.323 e. The molecule has 1 N–H and O–H groups in total. The van der Waals surface area contributed by atoms with Gasteiger partial charge in [0, 0.05) is 75.1 Å². The number of nitrogens with one attached hydrogen (secondary N) is 1. The summed E-state index contributed by atoms with van der Waals surface area (Å²) < 4.78 is 0. The van der Waals surface area contributed by atoms with Crippen molar-refractivity contribution in [3.05, 3.63) is 49.1 Å². The molecule has 15 heteroatoms. The standard InChI is InChI=1S/C12H12N6OS.C12H14N4OS2/c1-18(10(19)4-6-15-8-13)12-17-16-11(20-12)9-3-2-5-14-7-9;1-16(10(17)5-7-18-2)12-15-14-11(19-12)9-4-3-6-13-8-9/h2-3,5,7,15H,4,6H2,1H3;3-4,6,8H,5,7H2,1-2H3. The summed E-state index contributed by atoms with van der Waals surface area (Å²) in [5.74, 6) is 0.752. The summed E-state index contributed by atoms with van der Waals surface area (Å²) in [4.78, 5) is 34.8. The van der Waals surface area contributed by atoms with Crippen LogP contribution in [0.2, 0.25) is 0 Å². The van der Waals surface area contributed by atoms with Crippen molar-refractivity contribution in [3.63, 3.8) is 0 Å². The van der Waals surface area contributed by atoms with Crippen LogP contribution in [0, 0.1) is 11.5 Å². The third-order valence-electron chi connectivity index (χ3n) is 5.03. The summed E-state index contributed by atoms with van der Waals surface area (Å²) >= 11 is 4.37. The SMILES string of the molecule is CN(C(=O)CCNC#N)c1nnc(-c2cccnc2)s1.CSCCC(=O)N(C)c1nnc(-c2cccnc2)s1. The molecule has 0 fully saturated rings. The number of rotatable bonds is 10. The number of pyridine rings is 2. The fourth-order valence-electron chi connectivity index (χ4n) is 2.88. The molecule has 12 nitrogen and oxygen atoms in total. The number of carbonyl (C=O) groups excluding carboxylic acids is 2. The topological polar surface area (TPSA) is 154 Å². The normalized spacial score (nSPS) is 10.1. The minimum absolute atomic E-state index is 0.0586. The molecule has 0 bridgehead atoms. The molecule has 0 saturated carbocycles. The Morgan fingerprint density at radius 3 is 1.85 bits per heavy atom. The van der Waals surface area contributed by atoms with Crippen molar-refractivity contribution in [1.82, 2.24) is 35.7 Å². The van der Waals surface area contributed by atoms with E-state index in [0.29, 0.717) is 28.2 Å². The second kappa shape index (κ2) is 15.4. The third kappa shape index (κ3) is 8.77. The van der Waals surface area contributed by atoms with Crippen LogP contribution in [0.5, 0.6) is 0 Å². The van der Waals surface area contributed by atoms with Gasteiger partial charge >= 0.3 is 0 Å². The van der Waals surface area contributed by atoms with E-state index in [2.05, 4.69) is 35.7 Å². The van der Waals surface area contributed by atoms with Crippen LogP contribution >= 0.6 is 34.4 Å². The average molecular weight is 583 g/mol. The van der Waals surface area contributed by atoms with Gasteiger partial charge in [-0.15, -0.1) is 20.4 Å². The number of carbonyl (C=O) groups is 2. The van der Waals surface area contributed by atoms with Gasteiger partial charge in [-0.25, -0.2) is 0 Å². The van der Waals surface area contributed by atoms with Crippen molar-refractivity contribution >= 4 is 56.5 Å². The van der Waals surface area contributed by atoms with Crippen molar-refractivity contribution < 1.29 is 9.59 Å². The van der Waals surface area contributed by atoms with E-state index in [1.165, 1.54) is 27.6 Å². The first-order valence-corrected chi connectivity index (χ1v) is 14.6. The van der Waals surface area contributed by atoms with E-state index in [-0.39, 0.29) is 18.2 Å². The van der Waals surface area contributed by atoms with Crippen LogP contribution in [-0.4, -0.2) is 74.8 Å². The summed E-state index contributed by atoms with van der Waals surface area (Å²) in [5, 5.41) is 29.6. The number of nitriles is 1. The molecule has 2 amide bonds. The van der Waals surface area contributed by atoms with Gasteiger partial charge in [-0.2, -0.15) is 17.0 Å². The maximum Gasteiger partial charge on any atom is 0.230 e. The van der Waals surface area contributed by atoms with E-state index in [1.54, 1.807) is 61.7 Å². The van der Waals surface area contributed by atoms with Gasteiger partial charge in [-0.05, 0) is 30.5 Å². The Morgan fingerprint density at radius 1 is 0.897 bits per heavy atom. The number of anilines is 2. The van der Waals surface area contributed by atoms with Crippen LogP contribution in [-0.2, 0) is 9.59 Å². The Hall–Kier alpha value is -4.00. The largest absolute Gasteiger partial charge is 0.323 e. The second-order valence-electron chi connectivity index (χ2n) is 7.70. The Labute approximate surface area is 238 Å². The summed E-state index contributed by atoms with van der Waals surface area (Å²) in [7, 11) is 3.37. The molecule has 0 aliphatic carbocycles. The van der Waals surface area contributed by atoms with E-state index in [4.69, 9.17) is 5.26 Å². The summed E-state index contributed by atoms with van der Waals surface area (Å²) in [6, 6.07) is 7.48. The molecule has 0 radical (unpaired) electrons. The lowest BCUT2D eigenvalue weighted by Gasteiger charge is -2.12. The van der Waals surface area contributed by atoms with Crippen LogP contribution in [0.4, 0.5) is 10.3 Å². The molecule has 0 aliphatic rings. The second-order valence-corrected chi connectivity index (χ2v) is 10.6. The van der Waals surface area contributed by atoms with Gasteiger partial charge in [0.15, 0.2) is 16.2 Å². The molecule has 4 aromatic rings. The van der Waals surface area contributed by atoms with Crippen LogP contribution in [0.25, 0.3) is 21.1 Å². The molecule has 0 unspecified atom stereocenters. The molecule has 0 saturated heterocycles. The maximum atomic E-state index is 11.9. The molecular formula is C24H26N10O2S3. The fourth-order valence-corrected chi connectivity index (χ4v) is 4.88. The Morgan fingerprint density at radius 2 is 1.41 bits per heavy atom. The zero-order valence-corrected chi connectivity index (χ0v) is 24.0. The Kier molecular flexibility index (Phi) is 11.7. The molecule has 4 aromatic heterocycles. The van der Waals surface area contributed by atoms with Gasteiger partial charge in [0.1, 0.15) is 0 Å². The average Bonchev–Trinajstić information content (AvgIpc) is 3.67. The number of nitrogens with zero attached hydrogens (tertiary/aromatic N) is 9. The first-order chi connectivity index (χ1) is 18.9. The molecule has 0 spiro atoms. The highest BCUT2D eigenvalue weighted by atomic mass is 32.2. The molecule has 0 aliphatic heterocycles. The van der Waals surface area contributed by atoms with E-state index >= 15 is 0 Å². The predicted molar refractivity (Wildman–Crippen MR) is 154 cm³/mol. The quantitative estimate of drug-likeness (QED) is 0.166. The highest BCUT2D eigenvalue weighted by molar-refractivity contribution is 7.98. The lowest BCUT2D eigenvalue weighted by molar-refractivity contribution is -0.118. The summed E-state index contributed by atoms with van der Waals surface area (Å²) in [5.41, 5.74) is 1.78. The zero-order chi connectivity index (χ0) is 28.0. The highest BCUT2D eigenvalue weighted by Crippen LogP contribution is 2.28. The number of aromatic nitrogens is 6.